The van der Waals surface area contributed by atoms with Gasteiger partial charge in [0.2, 0.25) is 0 Å². The maximum Gasteiger partial charge on any atom is 0.282 e. The Labute approximate surface area is 182 Å². The van der Waals surface area contributed by atoms with Gasteiger partial charge in [-0.1, -0.05) is 61.0 Å². The molecule has 7 heteroatoms. The van der Waals surface area contributed by atoms with Crippen LogP contribution in [0.2, 0.25) is 5.02 Å². The molecule has 0 saturated carbocycles. The highest BCUT2D eigenvalue weighted by Crippen LogP contribution is 2.25. The van der Waals surface area contributed by atoms with Crippen LogP contribution in [0.3, 0.4) is 0 Å². The summed E-state index contributed by atoms with van der Waals surface area (Å²) in [6.07, 6.45) is 3.24. The molecule has 0 radical (unpaired) electrons. The number of halogens is 2. The largest absolute Gasteiger partial charge is 0.488 e. The van der Waals surface area contributed by atoms with Gasteiger partial charge in [-0.15, -0.1) is 0 Å². The SMILES string of the molecule is C=CCOc1ccc(C=Nn2c(C(C)(C)C)nc3ccc(Br)cc3c2=O)cc1Cl. The normalized spacial score (nSPS) is 11.9. The zero-order valence-electron chi connectivity index (χ0n) is 16.4. The standard InChI is InChI=1S/C22H21BrClN3O2/c1-5-10-29-19-9-6-14(11-17(19)24)13-25-27-20(28)16-12-15(23)7-8-18(16)26-21(27)22(2,3)4/h5-9,11-13H,1,10H2,2-4H3. The number of hydrogen-bond donors (Lipinski definition) is 0. The number of fused-ring (bicyclic) bond motifs is 1. The molecular weight excluding hydrogens is 454 g/mol. The quantitative estimate of drug-likeness (QED) is 0.359. The van der Waals surface area contributed by atoms with E-state index in [0.717, 1.165) is 10.0 Å². The molecule has 0 spiro atoms. The van der Waals surface area contributed by atoms with Crippen molar-refractivity contribution in [2.45, 2.75) is 26.2 Å². The van der Waals surface area contributed by atoms with Crippen LogP contribution in [0.4, 0.5) is 0 Å². The molecule has 2 aromatic carbocycles. The van der Waals surface area contributed by atoms with Crippen molar-refractivity contribution in [3.05, 3.63) is 80.3 Å². The van der Waals surface area contributed by atoms with E-state index in [1.165, 1.54) is 4.68 Å². The summed E-state index contributed by atoms with van der Waals surface area (Å²) < 4.78 is 7.64. The molecule has 0 aliphatic rings. The number of benzene rings is 2. The van der Waals surface area contributed by atoms with Crippen LogP contribution in [-0.2, 0) is 5.41 Å². The number of nitrogens with zero attached hydrogens (tertiary/aromatic N) is 3. The highest BCUT2D eigenvalue weighted by atomic mass is 79.9. The Balaban J connectivity index is 2.09. The average Bonchev–Trinajstić information content (AvgIpc) is 2.66. The molecule has 0 bridgehead atoms. The van der Waals surface area contributed by atoms with Crippen LogP contribution in [0.15, 0.2) is 63.4 Å². The van der Waals surface area contributed by atoms with Crippen LogP contribution < -0.4 is 10.3 Å². The van der Waals surface area contributed by atoms with Gasteiger partial charge in [0, 0.05) is 9.89 Å². The van der Waals surface area contributed by atoms with Gasteiger partial charge in [0.15, 0.2) is 0 Å². The third-order valence-corrected chi connectivity index (χ3v) is 4.90. The molecule has 0 fully saturated rings. The molecule has 3 aromatic rings. The predicted molar refractivity (Wildman–Crippen MR) is 123 cm³/mol. The van der Waals surface area contributed by atoms with E-state index in [-0.39, 0.29) is 11.0 Å². The highest BCUT2D eigenvalue weighted by molar-refractivity contribution is 9.10. The zero-order chi connectivity index (χ0) is 21.2. The van der Waals surface area contributed by atoms with Gasteiger partial charge in [-0.25, -0.2) is 4.98 Å². The van der Waals surface area contributed by atoms with Crippen LogP contribution >= 0.6 is 27.5 Å². The van der Waals surface area contributed by atoms with Crippen LogP contribution in [0.25, 0.3) is 10.9 Å². The average molecular weight is 475 g/mol. The molecule has 5 nitrogen and oxygen atoms in total. The maximum atomic E-state index is 13.1. The molecule has 0 amide bonds. The first kappa shape index (κ1) is 21.3. The molecule has 1 heterocycles. The fourth-order valence-corrected chi connectivity index (χ4v) is 3.33. The van der Waals surface area contributed by atoms with Crippen LogP contribution in [-0.4, -0.2) is 22.5 Å². The van der Waals surface area contributed by atoms with E-state index in [9.17, 15) is 4.79 Å². The van der Waals surface area contributed by atoms with Crippen molar-refractivity contribution >= 4 is 44.6 Å². The van der Waals surface area contributed by atoms with Gasteiger partial charge in [-0.05, 0) is 42.0 Å². The lowest BCUT2D eigenvalue weighted by Gasteiger charge is -2.20. The van der Waals surface area contributed by atoms with Gasteiger partial charge >= 0.3 is 0 Å². The summed E-state index contributed by atoms with van der Waals surface area (Å²) in [5, 5.41) is 5.40. The van der Waals surface area contributed by atoms with Crippen molar-refractivity contribution in [3.63, 3.8) is 0 Å². The molecule has 29 heavy (non-hydrogen) atoms. The van der Waals surface area contributed by atoms with E-state index in [4.69, 9.17) is 21.3 Å². The minimum atomic E-state index is -0.377. The van der Waals surface area contributed by atoms with Crippen LogP contribution in [0.1, 0.15) is 32.2 Å². The van der Waals surface area contributed by atoms with Crippen molar-refractivity contribution in [1.29, 1.82) is 0 Å². The summed E-state index contributed by atoms with van der Waals surface area (Å²) in [4.78, 5) is 17.8. The fourth-order valence-electron chi connectivity index (χ4n) is 2.73. The first-order chi connectivity index (χ1) is 13.7. The second-order valence-electron chi connectivity index (χ2n) is 7.50. The summed E-state index contributed by atoms with van der Waals surface area (Å²) in [6, 6.07) is 10.8. The Hall–Kier alpha value is -2.44. The minimum Gasteiger partial charge on any atom is -0.488 e. The van der Waals surface area contributed by atoms with Crippen molar-refractivity contribution in [1.82, 2.24) is 9.66 Å². The van der Waals surface area contributed by atoms with Gasteiger partial charge in [-0.2, -0.15) is 9.78 Å². The Morgan fingerprint density at radius 2 is 2.03 bits per heavy atom. The minimum absolute atomic E-state index is 0.227. The fraction of sp³-hybridized carbons (Fsp3) is 0.227. The lowest BCUT2D eigenvalue weighted by Crippen LogP contribution is -2.29. The van der Waals surface area contributed by atoms with Gasteiger partial charge in [0.25, 0.3) is 5.56 Å². The van der Waals surface area contributed by atoms with Gasteiger partial charge in [-0.3, -0.25) is 4.79 Å². The molecule has 3 rings (SSSR count). The van der Waals surface area contributed by atoms with Gasteiger partial charge in [0.1, 0.15) is 18.2 Å². The monoisotopic (exact) mass is 473 g/mol. The Kier molecular flexibility index (Phi) is 6.24. The molecule has 150 valence electrons. The number of hydrogen-bond acceptors (Lipinski definition) is 4. The molecule has 1 aromatic heterocycles. The Morgan fingerprint density at radius 3 is 2.69 bits per heavy atom. The third-order valence-electron chi connectivity index (χ3n) is 4.11. The van der Waals surface area contributed by atoms with E-state index in [1.807, 2.05) is 39.0 Å². The van der Waals surface area contributed by atoms with Crippen molar-refractivity contribution < 1.29 is 4.74 Å². The summed E-state index contributed by atoms with van der Waals surface area (Å²) in [5.74, 6) is 1.14. The lowest BCUT2D eigenvalue weighted by atomic mass is 9.95. The number of rotatable bonds is 5. The van der Waals surface area contributed by atoms with E-state index in [0.29, 0.717) is 34.1 Å². The highest BCUT2D eigenvalue weighted by Gasteiger charge is 2.22. The molecule has 0 aliphatic heterocycles. The smallest absolute Gasteiger partial charge is 0.282 e. The Bertz CT molecular complexity index is 1160. The van der Waals surface area contributed by atoms with Crippen molar-refractivity contribution in [3.8, 4) is 5.75 Å². The summed E-state index contributed by atoms with van der Waals surface area (Å²) >= 11 is 9.68. The molecule has 0 atom stereocenters. The molecular formula is C22H21BrClN3O2. The van der Waals surface area contributed by atoms with E-state index in [2.05, 4.69) is 27.6 Å². The van der Waals surface area contributed by atoms with Crippen LogP contribution in [0, 0.1) is 0 Å². The molecule has 0 N–H and O–H groups in total. The lowest BCUT2D eigenvalue weighted by molar-refractivity contribution is 0.363. The summed E-state index contributed by atoms with van der Waals surface area (Å²) in [6.45, 7) is 9.97. The number of ether oxygens (including phenoxy) is 1. The second kappa shape index (κ2) is 8.51. The van der Waals surface area contributed by atoms with E-state index >= 15 is 0 Å². The summed E-state index contributed by atoms with van der Waals surface area (Å²) in [7, 11) is 0. The van der Waals surface area contributed by atoms with Crippen molar-refractivity contribution in [2.75, 3.05) is 6.61 Å². The summed E-state index contributed by atoms with van der Waals surface area (Å²) in [5.41, 5.74) is 0.774. The van der Waals surface area contributed by atoms with Gasteiger partial charge in [0.05, 0.1) is 22.1 Å². The molecule has 0 aliphatic carbocycles. The first-order valence-corrected chi connectivity index (χ1v) is 10.2. The first-order valence-electron chi connectivity index (χ1n) is 9.01. The zero-order valence-corrected chi connectivity index (χ0v) is 18.8. The second-order valence-corrected chi connectivity index (χ2v) is 8.82. The third kappa shape index (κ3) is 4.77. The van der Waals surface area contributed by atoms with Gasteiger partial charge < -0.3 is 4.74 Å². The van der Waals surface area contributed by atoms with E-state index < -0.39 is 0 Å². The predicted octanol–water partition coefficient (Wildman–Crippen LogP) is 5.56. The number of aromatic nitrogens is 2. The van der Waals surface area contributed by atoms with Crippen LogP contribution in [0.5, 0.6) is 5.75 Å². The molecule has 0 unspecified atom stereocenters. The maximum absolute atomic E-state index is 13.1. The topological polar surface area (TPSA) is 56.5 Å². The molecule has 0 saturated heterocycles. The Morgan fingerprint density at radius 1 is 1.28 bits per heavy atom. The van der Waals surface area contributed by atoms with E-state index in [1.54, 1.807) is 30.5 Å². The van der Waals surface area contributed by atoms with Crippen molar-refractivity contribution in [2.24, 2.45) is 5.10 Å².